The minimum Gasteiger partial charge on any atom is -0.355 e. The fraction of sp³-hybridized carbons (Fsp3) is 0.435. The average Bonchev–Trinajstić information content (AvgIpc) is 2.65. The lowest BCUT2D eigenvalue weighted by Crippen LogP contribution is -2.62. The lowest BCUT2D eigenvalue weighted by atomic mass is 9.79. The highest BCUT2D eigenvalue weighted by atomic mass is 15.3. The molecular formula is C23H27N5. The smallest absolute Gasteiger partial charge is 0.151 e. The second-order valence-electron chi connectivity index (χ2n) is 9.11. The summed E-state index contributed by atoms with van der Waals surface area (Å²) in [5.74, 6) is 0.899. The summed E-state index contributed by atoms with van der Waals surface area (Å²) in [6.45, 7) is 9.08. The van der Waals surface area contributed by atoms with Gasteiger partial charge in [-0.05, 0) is 70.2 Å². The summed E-state index contributed by atoms with van der Waals surface area (Å²) in [5, 5.41) is 14.7. The fourth-order valence-electron chi connectivity index (χ4n) is 4.49. The first-order valence-corrected chi connectivity index (χ1v) is 9.76. The molecular weight excluding hydrogens is 346 g/mol. The molecule has 4 rings (SSSR count). The third-order valence-corrected chi connectivity index (χ3v) is 5.49. The Hall–Kier alpha value is -2.71. The van der Waals surface area contributed by atoms with Crippen LogP contribution in [0.2, 0.25) is 0 Å². The van der Waals surface area contributed by atoms with Crippen molar-refractivity contribution in [3.05, 3.63) is 48.8 Å². The Kier molecular flexibility index (Phi) is 4.47. The standard InChI is InChI=1S/C23H27N5/c1-22(2)13-19(14-23(3,4)27-22)28(5)21-9-8-20(25-26-21)17-6-7-18-15-24-11-10-16(18)12-17/h8-12,15,19,27H,13-14H2,1-5H3. The van der Waals surface area contributed by atoms with E-state index in [9.17, 15) is 0 Å². The third-order valence-electron chi connectivity index (χ3n) is 5.49. The monoisotopic (exact) mass is 373 g/mol. The van der Waals surface area contributed by atoms with E-state index >= 15 is 0 Å². The van der Waals surface area contributed by atoms with Crippen LogP contribution in [-0.4, -0.2) is 39.3 Å². The van der Waals surface area contributed by atoms with Crippen molar-refractivity contribution in [3.63, 3.8) is 0 Å². The van der Waals surface area contributed by atoms with Gasteiger partial charge in [0.15, 0.2) is 5.82 Å². The zero-order valence-corrected chi connectivity index (χ0v) is 17.2. The van der Waals surface area contributed by atoms with Crippen LogP contribution in [0.25, 0.3) is 22.0 Å². The van der Waals surface area contributed by atoms with Crippen LogP contribution in [0.1, 0.15) is 40.5 Å². The van der Waals surface area contributed by atoms with Gasteiger partial charge in [-0.3, -0.25) is 4.98 Å². The summed E-state index contributed by atoms with van der Waals surface area (Å²) in [6.07, 6.45) is 5.71. The summed E-state index contributed by atoms with van der Waals surface area (Å²) in [7, 11) is 2.12. The molecule has 1 aromatic carbocycles. The minimum absolute atomic E-state index is 0.0960. The van der Waals surface area contributed by atoms with Crippen LogP contribution in [0.15, 0.2) is 36.7 Å². The van der Waals surface area contributed by atoms with Gasteiger partial charge in [0.05, 0.1) is 10.9 Å². The van der Waals surface area contributed by atoms with Gasteiger partial charge in [-0.25, -0.2) is 0 Å². The van der Waals surface area contributed by atoms with Gasteiger partial charge < -0.3 is 10.2 Å². The Labute approximate surface area is 167 Å². The molecule has 0 bridgehead atoms. The molecule has 3 aromatic rings. The first-order chi connectivity index (χ1) is 13.2. The van der Waals surface area contributed by atoms with Crippen molar-refractivity contribution in [2.45, 2.75) is 57.7 Å². The molecule has 5 nitrogen and oxygen atoms in total. The van der Waals surface area contributed by atoms with Crippen molar-refractivity contribution < 1.29 is 0 Å². The predicted molar refractivity (Wildman–Crippen MR) is 113 cm³/mol. The number of anilines is 1. The normalized spacial score (nSPS) is 18.6. The van der Waals surface area contributed by atoms with Gasteiger partial charge in [-0.2, -0.15) is 0 Å². The van der Waals surface area contributed by atoms with Gasteiger partial charge in [0.2, 0.25) is 0 Å². The zero-order valence-electron chi connectivity index (χ0n) is 17.2. The Morgan fingerprint density at radius 1 is 1.04 bits per heavy atom. The maximum absolute atomic E-state index is 4.52. The first-order valence-electron chi connectivity index (χ1n) is 9.76. The SMILES string of the molecule is CN(c1ccc(-c2c#cc3cnccc3c2)nn1)C1CC(C)(C)NC(C)(C)C1. The molecule has 3 heterocycles. The highest BCUT2D eigenvalue weighted by molar-refractivity contribution is 5.83. The summed E-state index contributed by atoms with van der Waals surface area (Å²) >= 11 is 0. The second kappa shape index (κ2) is 6.72. The van der Waals surface area contributed by atoms with E-state index in [1.807, 2.05) is 12.1 Å². The number of aromatic nitrogens is 3. The molecule has 0 unspecified atom stereocenters. The number of piperidine rings is 1. The maximum Gasteiger partial charge on any atom is 0.151 e. The molecule has 0 atom stereocenters. The van der Waals surface area contributed by atoms with E-state index in [1.54, 1.807) is 12.4 Å². The Bertz CT molecular complexity index is 962. The molecule has 2 aromatic heterocycles. The van der Waals surface area contributed by atoms with E-state index < -0.39 is 0 Å². The van der Waals surface area contributed by atoms with Crippen LogP contribution in [-0.2, 0) is 0 Å². The molecule has 0 saturated carbocycles. The summed E-state index contributed by atoms with van der Waals surface area (Å²) in [6, 6.07) is 14.8. The molecule has 1 saturated heterocycles. The lowest BCUT2D eigenvalue weighted by molar-refractivity contribution is 0.160. The molecule has 1 N–H and O–H groups in total. The van der Waals surface area contributed by atoms with Gasteiger partial charge in [-0.15, -0.1) is 10.2 Å². The van der Waals surface area contributed by atoms with Gasteiger partial charge in [0, 0.05) is 36.6 Å². The number of fused-ring (bicyclic) bond motifs is 1. The van der Waals surface area contributed by atoms with Gasteiger partial charge in [0.1, 0.15) is 5.69 Å². The van der Waals surface area contributed by atoms with Crippen molar-refractivity contribution in [3.8, 4) is 11.3 Å². The zero-order chi connectivity index (χ0) is 19.9. The van der Waals surface area contributed by atoms with E-state index in [1.165, 1.54) is 0 Å². The van der Waals surface area contributed by atoms with Crippen LogP contribution in [0, 0.1) is 12.1 Å². The van der Waals surface area contributed by atoms with Crippen molar-refractivity contribution in [1.29, 1.82) is 0 Å². The van der Waals surface area contributed by atoms with E-state index in [-0.39, 0.29) is 11.1 Å². The Morgan fingerprint density at radius 2 is 1.79 bits per heavy atom. The van der Waals surface area contributed by atoms with Crippen LogP contribution in [0.3, 0.4) is 0 Å². The van der Waals surface area contributed by atoms with E-state index in [0.29, 0.717) is 6.04 Å². The van der Waals surface area contributed by atoms with Gasteiger partial charge in [-0.1, -0.05) is 12.1 Å². The van der Waals surface area contributed by atoms with Crippen LogP contribution in [0.4, 0.5) is 5.82 Å². The van der Waals surface area contributed by atoms with Crippen molar-refractivity contribution >= 4 is 16.6 Å². The van der Waals surface area contributed by atoms with Gasteiger partial charge >= 0.3 is 0 Å². The molecule has 28 heavy (non-hydrogen) atoms. The molecule has 1 aliphatic rings. The number of hydrogen-bond acceptors (Lipinski definition) is 5. The number of hydrogen-bond donors (Lipinski definition) is 1. The second-order valence-corrected chi connectivity index (χ2v) is 9.11. The largest absolute Gasteiger partial charge is 0.355 e. The quantitative estimate of drug-likeness (QED) is 0.751. The van der Waals surface area contributed by atoms with Crippen molar-refractivity contribution in [2.75, 3.05) is 11.9 Å². The lowest BCUT2D eigenvalue weighted by Gasteiger charge is -2.49. The number of nitrogens with one attached hydrogen (secondary N) is 1. The molecule has 5 heteroatoms. The van der Waals surface area contributed by atoms with E-state index in [4.69, 9.17) is 0 Å². The molecule has 1 fully saturated rings. The molecule has 144 valence electrons. The highest BCUT2D eigenvalue weighted by Gasteiger charge is 2.39. The summed E-state index contributed by atoms with van der Waals surface area (Å²) < 4.78 is 0. The average molecular weight is 374 g/mol. The predicted octanol–water partition coefficient (Wildman–Crippen LogP) is 4.04. The Balaban J connectivity index is 1.57. The minimum atomic E-state index is 0.0960. The highest BCUT2D eigenvalue weighted by Crippen LogP contribution is 2.32. The third kappa shape index (κ3) is 3.79. The van der Waals surface area contributed by atoms with Gasteiger partial charge in [0.25, 0.3) is 0 Å². The molecule has 0 radical (unpaired) electrons. The van der Waals surface area contributed by atoms with E-state index in [0.717, 1.165) is 40.7 Å². The summed E-state index contributed by atoms with van der Waals surface area (Å²) in [4.78, 5) is 6.39. The van der Waals surface area contributed by atoms with Crippen LogP contribution in [0.5, 0.6) is 0 Å². The molecule has 0 aliphatic carbocycles. The number of rotatable bonds is 3. The maximum atomic E-state index is 4.52. The van der Waals surface area contributed by atoms with Crippen LogP contribution >= 0.6 is 0 Å². The summed E-state index contributed by atoms with van der Waals surface area (Å²) in [5.41, 5.74) is 1.89. The number of pyridine rings is 1. The molecule has 1 aliphatic heterocycles. The van der Waals surface area contributed by atoms with Crippen LogP contribution < -0.4 is 10.2 Å². The van der Waals surface area contributed by atoms with Crippen molar-refractivity contribution in [1.82, 2.24) is 20.5 Å². The Morgan fingerprint density at radius 3 is 2.46 bits per heavy atom. The molecule has 0 spiro atoms. The topological polar surface area (TPSA) is 53.9 Å². The number of nitrogens with zero attached hydrogens (tertiary/aromatic N) is 4. The van der Waals surface area contributed by atoms with E-state index in [2.05, 4.69) is 84.4 Å². The molecule has 0 amide bonds. The van der Waals surface area contributed by atoms with Crippen molar-refractivity contribution in [2.24, 2.45) is 0 Å². The first kappa shape index (κ1) is 18.6. The fourth-order valence-corrected chi connectivity index (χ4v) is 4.49.